The second-order valence-corrected chi connectivity index (χ2v) is 1.69. The molecular formula is C5H6BNY-. The Bertz CT molecular complexity index is 123. The molecule has 1 rings (SSSR count). The van der Waals surface area contributed by atoms with Crippen molar-refractivity contribution in [1.29, 1.82) is 0 Å². The van der Waals surface area contributed by atoms with Crippen LogP contribution in [0.3, 0.4) is 0 Å². The van der Waals surface area contributed by atoms with E-state index >= 15 is 0 Å². The van der Waals surface area contributed by atoms with Gasteiger partial charge < -0.3 is 4.99 Å². The van der Waals surface area contributed by atoms with Crippen LogP contribution in [0.2, 0.25) is 0 Å². The number of rotatable bonds is 0. The fourth-order valence-electron chi connectivity index (χ4n) is 0.554. The van der Waals surface area contributed by atoms with Crippen molar-refractivity contribution in [2.75, 3.05) is 0 Å². The molecule has 0 bridgehead atoms. The molecule has 0 aromatic heterocycles. The third kappa shape index (κ3) is 2.23. The van der Waals surface area contributed by atoms with Crippen LogP contribution in [0.5, 0.6) is 0 Å². The van der Waals surface area contributed by atoms with E-state index in [1.165, 1.54) is 0 Å². The fourth-order valence-corrected chi connectivity index (χ4v) is 0.554. The number of nitrogens with zero attached hydrogens (tertiary/aromatic N) is 1. The minimum atomic E-state index is 0. The Morgan fingerprint density at radius 3 is 2.25 bits per heavy atom. The Labute approximate surface area is 75.8 Å². The van der Waals surface area contributed by atoms with E-state index in [-0.39, 0.29) is 32.7 Å². The van der Waals surface area contributed by atoms with E-state index in [2.05, 4.69) is 11.2 Å². The van der Waals surface area contributed by atoms with Crippen molar-refractivity contribution in [3.63, 3.8) is 0 Å². The molecule has 38 valence electrons. The normalized spacial score (nSPS) is 15.8. The molecular weight excluding hydrogens is 174 g/mol. The molecule has 0 aliphatic carbocycles. The molecule has 0 fully saturated rings. The second-order valence-electron chi connectivity index (χ2n) is 1.69. The molecule has 0 unspecified atom stereocenters. The Kier molecular flexibility index (Phi) is 3.83. The van der Waals surface area contributed by atoms with Crippen molar-refractivity contribution in [3.05, 3.63) is 11.7 Å². The average Bonchev–Trinajstić information content (AvgIpc) is 1.87. The number of allylic oxidation sites excluding steroid dienone is 1. The van der Waals surface area contributed by atoms with Gasteiger partial charge in [0, 0.05) is 32.7 Å². The van der Waals surface area contributed by atoms with Gasteiger partial charge in [-0.1, -0.05) is 6.92 Å². The van der Waals surface area contributed by atoms with Gasteiger partial charge in [-0.3, -0.25) is 0 Å². The molecule has 0 spiro atoms. The molecule has 0 atom stereocenters. The van der Waals surface area contributed by atoms with E-state index in [4.69, 9.17) is 0 Å². The van der Waals surface area contributed by atoms with E-state index in [0.717, 1.165) is 11.1 Å². The summed E-state index contributed by atoms with van der Waals surface area (Å²) in [5, 5.41) is 0. The Hall–Kier alpha value is 0.579. The molecule has 0 amide bonds. The van der Waals surface area contributed by atoms with E-state index in [1.54, 1.807) is 0 Å². The van der Waals surface area contributed by atoms with Crippen LogP contribution >= 0.6 is 0 Å². The monoisotopic (exact) mass is 180 g/mol. The van der Waals surface area contributed by atoms with E-state index in [0.29, 0.717) is 0 Å². The van der Waals surface area contributed by atoms with Gasteiger partial charge in [-0.25, -0.2) is 0 Å². The number of hydrogen-bond acceptors (Lipinski definition) is 1. The van der Waals surface area contributed by atoms with Crippen molar-refractivity contribution in [2.24, 2.45) is 4.99 Å². The number of aliphatic imine (C=N–C) groups is 1. The molecule has 0 saturated carbocycles. The van der Waals surface area contributed by atoms with Gasteiger partial charge in [-0.15, -0.1) is 6.92 Å². The first-order valence-corrected chi connectivity index (χ1v) is 2.27. The first-order chi connectivity index (χ1) is 3.29. The van der Waals surface area contributed by atoms with E-state index in [1.807, 2.05) is 21.1 Å². The van der Waals surface area contributed by atoms with Crippen molar-refractivity contribution in [3.8, 4) is 0 Å². The van der Waals surface area contributed by atoms with Crippen LogP contribution in [-0.2, 0) is 32.7 Å². The molecule has 8 heavy (non-hydrogen) atoms. The predicted octanol–water partition coefficient (Wildman–Crippen LogP) is 0.785. The molecule has 1 aliphatic rings. The van der Waals surface area contributed by atoms with Crippen LogP contribution in [0.25, 0.3) is 0 Å². The zero-order chi connectivity index (χ0) is 5.28. The quantitative estimate of drug-likeness (QED) is 0.385. The molecule has 2 radical (unpaired) electrons. The first kappa shape index (κ1) is 8.58. The zero-order valence-electron chi connectivity index (χ0n) is 5.10. The van der Waals surface area contributed by atoms with Crippen molar-refractivity contribution < 1.29 is 32.7 Å². The Balaban J connectivity index is 0.000000490. The fraction of sp³-hybridized carbons (Fsp3) is 0.400. The largest absolute Gasteiger partial charge is 0.468 e. The van der Waals surface area contributed by atoms with Crippen LogP contribution in [-0.4, -0.2) is 12.9 Å². The maximum atomic E-state index is 3.89. The van der Waals surface area contributed by atoms with Crippen molar-refractivity contribution in [2.45, 2.75) is 13.8 Å². The molecule has 0 aromatic rings. The summed E-state index contributed by atoms with van der Waals surface area (Å²) in [4.78, 5) is 3.89. The van der Waals surface area contributed by atoms with Crippen LogP contribution in [0.15, 0.2) is 10.5 Å². The van der Waals surface area contributed by atoms with E-state index in [9.17, 15) is 0 Å². The van der Waals surface area contributed by atoms with Crippen LogP contribution < -0.4 is 0 Å². The molecule has 1 heterocycles. The smallest absolute Gasteiger partial charge is 0.0622 e. The summed E-state index contributed by atoms with van der Waals surface area (Å²) in [6.07, 6.45) is 2.82. The Morgan fingerprint density at radius 2 is 2.12 bits per heavy atom. The topological polar surface area (TPSA) is 12.4 Å². The summed E-state index contributed by atoms with van der Waals surface area (Å²) in [5.74, 6) is 0. The molecule has 0 aromatic carbocycles. The summed E-state index contributed by atoms with van der Waals surface area (Å²) < 4.78 is 0. The average molecular weight is 180 g/mol. The van der Waals surface area contributed by atoms with Crippen LogP contribution in [0.1, 0.15) is 13.8 Å². The zero-order valence-corrected chi connectivity index (χ0v) is 7.94. The summed E-state index contributed by atoms with van der Waals surface area (Å²) in [7, 11) is 2.00. The summed E-state index contributed by atoms with van der Waals surface area (Å²) in [6, 6.07) is 0. The second kappa shape index (κ2) is 3.57. The standard InChI is InChI=1S/C5H6BN.Y/c1-4-3-7-5(2)6-4;/h1-2H3;/q-1;. The molecule has 1 nitrogen and oxygen atoms in total. The molecule has 1 aliphatic heterocycles. The molecule has 0 N–H and O–H groups in total. The van der Waals surface area contributed by atoms with Gasteiger partial charge >= 0.3 is 0 Å². The third-order valence-electron chi connectivity index (χ3n) is 0.834. The maximum Gasteiger partial charge on any atom is 0.0622 e. The minimum Gasteiger partial charge on any atom is -0.468 e. The predicted molar refractivity (Wildman–Crippen MR) is 31.3 cm³/mol. The van der Waals surface area contributed by atoms with Gasteiger partial charge in [-0.2, -0.15) is 17.3 Å². The Morgan fingerprint density at radius 1 is 1.50 bits per heavy atom. The summed E-state index contributed by atoms with van der Waals surface area (Å²) >= 11 is 0. The van der Waals surface area contributed by atoms with Crippen LogP contribution in [0, 0.1) is 6.20 Å². The van der Waals surface area contributed by atoms with E-state index < -0.39 is 0 Å². The first-order valence-electron chi connectivity index (χ1n) is 2.27. The van der Waals surface area contributed by atoms with Gasteiger partial charge in [0.1, 0.15) is 0 Å². The number of hydrogen-bond donors (Lipinski definition) is 0. The summed E-state index contributed by atoms with van der Waals surface area (Å²) in [6.45, 7) is 3.95. The van der Waals surface area contributed by atoms with Gasteiger partial charge in [-0.05, 0) is 0 Å². The van der Waals surface area contributed by atoms with Gasteiger partial charge in [0.05, 0.1) is 7.28 Å². The van der Waals surface area contributed by atoms with Gasteiger partial charge in [0.15, 0.2) is 0 Å². The van der Waals surface area contributed by atoms with Crippen LogP contribution in [0.4, 0.5) is 0 Å². The van der Waals surface area contributed by atoms with Crippen molar-refractivity contribution in [1.82, 2.24) is 0 Å². The maximum absolute atomic E-state index is 3.89. The van der Waals surface area contributed by atoms with Gasteiger partial charge in [0.2, 0.25) is 0 Å². The SMILES string of the molecule is CC1=[C-]N=C(C)[B]1.[Y]. The van der Waals surface area contributed by atoms with Gasteiger partial charge in [0.25, 0.3) is 0 Å². The summed E-state index contributed by atoms with van der Waals surface area (Å²) in [5.41, 5.74) is 2.18. The van der Waals surface area contributed by atoms with Crippen molar-refractivity contribution >= 4 is 12.9 Å². The third-order valence-corrected chi connectivity index (χ3v) is 0.834. The molecule has 0 saturated heterocycles. The molecule has 3 heteroatoms. The minimum absolute atomic E-state index is 0.